The van der Waals surface area contributed by atoms with Crippen LogP contribution in [-0.4, -0.2) is 12.2 Å². The fourth-order valence-electron chi connectivity index (χ4n) is 1.81. The van der Waals surface area contributed by atoms with Gasteiger partial charge in [0.25, 0.3) is 0 Å². The van der Waals surface area contributed by atoms with Crippen LogP contribution in [0.15, 0.2) is 24.3 Å². The maximum Gasteiger partial charge on any atom is 0.130 e. The van der Waals surface area contributed by atoms with Gasteiger partial charge in [0, 0.05) is 0 Å². The monoisotopic (exact) mass is 202 g/mol. The third-order valence-electron chi connectivity index (χ3n) is 2.83. The van der Waals surface area contributed by atoms with Gasteiger partial charge in [0.1, 0.15) is 11.5 Å². The number of methoxy groups -OCH3 is 1. The van der Waals surface area contributed by atoms with Crippen LogP contribution in [-0.2, 0) is 0 Å². The van der Waals surface area contributed by atoms with Crippen LogP contribution in [0.25, 0.3) is 10.8 Å². The quantitative estimate of drug-likeness (QED) is 0.769. The van der Waals surface area contributed by atoms with Crippen molar-refractivity contribution in [2.24, 2.45) is 0 Å². The van der Waals surface area contributed by atoms with Crippen molar-refractivity contribution < 1.29 is 9.84 Å². The second-order valence-electron chi connectivity index (χ2n) is 3.73. The Bertz CT molecular complexity index is 515. The summed E-state index contributed by atoms with van der Waals surface area (Å²) >= 11 is 0. The highest BCUT2D eigenvalue weighted by Crippen LogP contribution is 2.36. The minimum Gasteiger partial charge on any atom is -0.507 e. The molecule has 0 atom stereocenters. The van der Waals surface area contributed by atoms with Crippen molar-refractivity contribution in [1.29, 1.82) is 0 Å². The molecule has 0 aliphatic rings. The summed E-state index contributed by atoms with van der Waals surface area (Å²) in [5.41, 5.74) is 2.00. The molecule has 2 aromatic carbocycles. The van der Waals surface area contributed by atoms with E-state index in [4.69, 9.17) is 4.74 Å². The molecule has 0 saturated carbocycles. The van der Waals surface area contributed by atoms with Gasteiger partial charge in [-0.05, 0) is 36.4 Å². The minimum absolute atomic E-state index is 0.322. The molecule has 2 heteroatoms. The van der Waals surface area contributed by atoms with Crippen LogP contribution in [0.1, 0.15) is 11.1 Å². The van der Waals surface area contributed by atoms with Gasteiger partial charge in [0.05, 0.1) is 12.5 Å². The number of aryl methyl sites for hydroxylation is 1. The molecule has 0 radical (unpaired) electrons. The Morgan fingerprint density at radius 2 is 1.93 bits per heavy atom. The minimum atomic E-state index is 0.322. The maximum atomic E-state index is 10.1. The molecule has 0 aromatic heterocycles. The first kappa shape index (κ1) is 9.84. The Morgan fingerprint density at radius 3 is 2.60 bits per heavy atom. The SMILES string of the molecule is COc1cccc2cc(C)c(C)c(O)c12. The van der Waals surface area contributed by atoms with Crippen LogP contribution in [0.2, 0.25) is 0 Å². The molecule has 2 nitrogen and oxygen atoms in total. The number of benzene rings is 2. The van der Waals surface area contributed by atoms with Crippen molar-refractivity contribution >= 4 is 10.8 Å². The highest BCUT2D eigenvalue weighted by molar-refractivity contribution is 5.95. The molecular formula is C13H14O2. The topological polar surface area (TPSA) is 29.5 Å². The average molecular weight is 202 g/mol. The molecule has 15 heavy (non-hydrogen) atoms. The van der Waals surface area contributed by atoms with Crippen molar-refractivity contribution in [3.05, 3.63) is 35.4 Å². The Labute approximate surface area is 89.1 Å². The molecule has 2 aromatic rings. The molecule has 0 aliphatic heterocycles. The molecule has 78 valence electrons. The second kappa shape index (κ2) is 3.46. The summed E-state index contributed by atoms with van der Waals surface area (Å²) in [5.74, 6) is 1.04. The zero-order chi connectivity index (χ0) is 11.0. The van der Waals surface area contributed by atoms with Gasteiger partial charge in [-0.2, -0.15) is 0 Å². The Morgan fingerprint density at radius 1 is 1.20 bits per heavy atom. The number of phenols is 1. The molecule has 0 heterocycles. The number of aromatic hydroxyl groups is 1. The Hall–Kier alpha value is -1.70. The third-order valence-corrected chi connectivity index (χ3v) is 2.83. The standard InChI is InChI=1S/C13H14O2/c1-8-7-10-5-4-6-11(15-3)12(10)13(14)9(8)2/h4-7,14H,1-3H3. The van der Waals surface area contributed by atoms with Crippen molar-refractivity contribution in [2.75, 3.05) is 7.11 Å². The lowest BCUT2D eigenvalue weighted by molar-refractivity contribution is 0.415. The van der Waals surface area contributed by atoms with E-state index in [0.717, 1.165) is 21.9 Å². The molecule has 0 saturated heterocycles. The number of hydrogen-bond acceptors (Lipinski definition) is 2. The summed E-state index contributed by atoms with van der Waals surface area (Å²) in [6.45, 7) is 3.91. The Balaban J connectivity index is 2.93. The number of fused-ring (bicyclic) bond motifs is 1. The molecule has 1 N–H and O–H groups in total. The van der Waals surface area contributed by atoms with Crippen molar-refractivity contribution in [1.82, 2.24) is 0 Å². The largest absolute Gasteiger partial charge is 0.507 e. The first-order valence-electron chi connectivity index (χ1n) is 4.91. The van der Waals surface area contributed by atoms with E-state index < -0.39 is 0 Å². The normalized spacial score (nSPS) is 10.6. The lowest BCUT2D eigenvalue weighted by atomic mass is 10.0. The lowest BCUT2D eigenvalue weighted by Crippen LogP contribution is -1.89. The second-order valence-corrected chi connectivity index (χ2v) is 3.73. The summed E-state index contributed by atoms with van der Waals surface area (Å²) < 4.78 is 5.24. The molecule has 2 rings (SSSR count). The van der Waals surface area contributed by atoms with Crippen molar-refractivity contribution in [2.45, 2.75) is 13.8 Å². The Kier molecular flexibility index (Phi) is 2.27. The van der Waals surface area contributed by atoms with Crippen molar-refractivity contribution in [3.8, 4) is 11.5 Å². The summed E-state index contributed by atoms with van der Waals surface area (Å²) in [6, 6.07) is 7.82. The van der Waals surface area contributed by atoms with E-state index in [9.17, 15) is 5.11 Å². The molecule has 0 fully saturated rings. The van der Waals surface area contributed by atoms with Crippen LogP contribution in [0, 0.1) is 13.8 Å². The zero-order valence-corrected chi connectivity index (χ0v) is 9.16. The summed E-state index contributed by atoms with van der Waals surface area (Å²) in [6.07, 6.45) is 0. The predicted molar refractivity (Wildman–Crippen MR) is 61.6 cm³/mol. The number of hydrogen-bond donors (Lipinski definition) is 1. The first-order valence-corrected chi connectivity index (χ1v) is 4.91. The van der Waals surface area contributed by atoms with Gasteiger partial charge in [0.2, 0.25) is 0 Å². The highest BCUT2D eigenvalue weighted by atomic mass is 16.5. The lowest BCUT2D eigenvalue weighted by Gasteiger charge is -2.11. The summed E-state index contributed by atoms with van der Waals surface area (Å²) in [4.78, 5) is 0. The highest BCUT2D eigenvalue weighted by Gasteiger charge is 2.10. The van der Waals surface area contributed by atoms with Gasteiger partial charge < -0.3 is 9.84 Å². The number of phenolic OH excluding ortho intramolecular Hbond substituents is 1. The molecule has 0 bridgehead atoms. The molecule has 0 amide bonds. The van der Waals surface area contributed by atoms with E-state index in [1.165, 1.54) is 0 Å². The summed E-state index contributed by atoms with van der Waals surface area (Å²) in [5, 5.41) is 11.9. The molecular weight excluding hydrogens is 188 g/mol. The van der Waals surface area contributed by atoms with Gasteiger partial charge in [-0.1, -0.05) is 18.2 Å². The van der Waals surface area contributed by atoms with E-state index in [2.05, 4.69) is 6.07 Å². The van der Waals surface area contributed by atoms with E-state index in [1.807, 2.05) is 32.0 Å². The number of rotatable bonds is 1. The van der Waals surface area contributed by atoms with E-state index >= 15 is 0 Å². The van der Waals surface area contributed by atoms with Gasteiger partial charge in [0.15, 0.2) is 0 Å². The van der Waals surface area contributed by atoms with Crippen LogP contribution in [0.4, 0.5) is 0 Å². The fraction of sp³-hybridized carbons (Fsp3) is 0.231. The van der Waals surface area contributed by atoms with Crippen LogP contribution in [0.3, 0.4) is 0 Å². The molecule has 0 spiro atoms. The van der Waals surface area contributed by atoms with Gasteiger partial charge in [-0.15, -0.1) is 0 Å². The van der Waals surface area contributed by atoms with Gasteiger partial charge in [-0.3, -0.25) is 0 Å². The fourth-order valence-corrected chi connectivity index (χ4v) is 1.81. The molecule has 0 aliphatic carbocycles. The van der Waals surface area contributed by atoms with Crippen LogP contribution >= 0.6 is 0 Å². The first-order chi connectivity index (χ1) is 7.15. The predicted octanol–water partition coefficient (Wildman–Crippen LogP) is 3.17. The van der Waals surface area contributed by atoms with E-state index in [-0.39, 0.29) is 0 Å². The van der Waals surface area contributed by atoms with Gasteiger partial charge >= 0.3 is 0 Å². The van der Waals surface area contributed by atoms with Crippen molar-refractivity contribution in [3.63, 3.8) is 0 Å². The smallest absolute Gasteiger partial charge is 0.130 e. The van der Waals surface area contributed by atoms with Crippen LogP contribution < -0.4 is 4.74 Å². The maximum absolute atomic E-state index is 10.1. The zero-order valence-electron chi connectivity index (χ0n) is 9.16. The van der Waals surface area contributed by atoms with E-state index in [0.29, 0.717) is 11.5 Å². The third kappa shape index (κ3) is 1.42. The van der Waals surface area contributed by atoms with Gasteiger partial charge in [-0.25, -0.2) is 0 Å². The van der Waals surface area contributed by atoms with E-state index in [1.54, 1.807) is 7.11 Å². The molecule has 0 unspecified atom stereocenters. The number of ether oxygens (including phenoxy) is 1. The summed E-state index contributed by atoms with van der Waals surface area (Å²) in [7, 11) is 1.61. The average Bonchev–Trinajstić information content (AvgIpc) is 2.25. The van der Waals surface area contributed by atoms with Crippen LogP contribution in [0.5, 0.6) is 11.5 Å².